The molecule has 2 aromatic rings. The Labute approximate surface area is 129 Å². The van der Waals surface area contributed by atoms with E-state index in [0.29, 0.717) is 10.9 Å². The predicted octanol–water partition coefficient (Wildman–Crippen LogP) is 2.75. The van der Waals surface area contributed by atoms with E-state index in [-0.39, 0.29) is 6.04 Å². The highest BCUT2D eigenvalue weighted by atomic mass is 35.5. The van der Waals surface area contributed by atoms with E-state index in [0.717, 1.165) is 44.0 Å². The molecule has 6 heteroatoms. The van der Waals surface area contributed by atoms with E-state index < -0.39 is 0 Å². The minimum absolute atomic E-state index is 0.201. The van der Waals surface area contributed by atoms with Gasteiger partial charge in [-0.1, -0.05) is 35.8 Å². The van der Waals surface area contributed by atoms with Crippen LogP contribution in [0.15, 0.2) is 28.8 Å². The van der Waals surface area contributed by atoms with E-state index in [2.05, 4.69) is 27.3 Å². The van der Waals surface area contributed by atoms with Crippen LogP contribution < -0.4 is 5.32 Å². The maximum atomic E-state index is 6.18. The normalized spacial score (nSPS) is 17.8. The molecule has 1 saturated heterocycles. The molecule has 3 rings (SSSR count). The standard InChI is InChI=1S/C15H19ClN4O/c1-2-13(20-9-7-17-8-10-20)14-18-15(21-19-14)11-5-3-4-6-12(11)16/h3-6,13,17H,2,7-10H2,1H3. The highest BCUT2D eigenvalue weighted by Gasteiger charge is 2.25. The Morgan fingerprint density at radius 1 is 1.33 bits per heavy atom. The van der Waals surface area contributed by atoms with Crippen LogP contribution in [0.2, 0.25) is 5.02 Å². The molecule has 1 aromatic heterocycles. The van der Waals surface area contributed by atoms with Gasteiger partial charge in [0.25, 0.3) is 5.89 Å². The Balaban J connectivity index is 1.84. The van der Waals surface area contributed by atoms with Crippen molar-refractivity contribution in [2.75, 3.05) is 26.2 Å². The number of rotatable bonds is 4. The van der Waals surface area contributed by atoms with E-state index in [1.807, 2.05) is 24.3 Å². The molecule has 1 aliphatic rings. The molecule has 21 heavy (non-hydrogen) atoms. The monoisotopic (exact) mass is 306 g/mol. The quantitative estimate of drug-likeness (QED) is 0.941. The van der Waals surface area contributed by atoms with E-state index in [9.17, 15) is 0 Å². The maximum Gasteiger partial charge on any atom is 0.259 e. The molecule has 1 fully saturated rings. The van der Waals surface area contributed by atoms with Crippen LogP contribution in [0.4, 0.5) is 0 Å². The summed E-state index contributed by atoms with van der Waals surface area (Å²) in [5.41, 5.74) is 0.785. The van der Waals surface area contributed by atoms with Crippen molar-refractivity contribution in [3.63, 3.8) is 0 Å². The van der Waals surface area contributed by atoms with Crippen molar-refractivity contribution in [2.45, 2.75) is 19.4 Å². The lowest BCUT2D eigenvalue weighted by Gasteiger charge is -2.32. The second-order valence-corrected chi connectivity index (χ2v) is 5.55. The summed E-state index contributed by atoms with van der Waals surface area (Å²) in [7, 11) is 0. The van der Waals surface area contributed by atoms with E-state index in [1.54, 1.807) is 0 Å². The van der Waals surface area contributed by atoms with Crippen molar-refractivity contribution in [1.29, 1.82) is 0 Å². The first-order valence-corrected chi connectivity index (χ1v) is 7.70. The Hall–Kier alpha value is -1.43. The van der Waals surface area contributed by atoms with Crippen molar-refractivity contribution in [3.05, 3.63) is 35.1 Å². The third-order valence-corrected chi connectivity index (χ3v) is 4.15. The largest absolute Gasteiger partial charge is 0.334 e. The fourth-order valence-corrected chi connectivity index (χ4v) is 2.93. The first kappa shape index (κ1) is 14.5. The molecule has 2 heterocycles. The smallest absolute Gasteiger partial charge is 0.259 e. The summed E-state index contributed by atoms with van der Waals surface area (Å²) in [6.45, 7) is 6.18. The van der Waals surface area contributed by atoms with Crippen LogP contribution in [-0.2, 0) is 0 Å². The van der Waals surface area contributed by atoms with Gasteiger partial charge in [-0.05, 0) is 18.6 Å². The third kappa shape index (κ3) is 3.10. The molecule has 1 aromatic carbocycles. The molecular formula is C15H19ClN4O. The lowest BCUT2D eigenvalue weighted by molar-refractivity contribution is 0.160. The minimum Gasteiger partial charge on any atom is -0.334 e. The summed E-state index contributed by atoms with van der Waals surface area (Å²) in [6.07, 6.45) is 0.960. The Morgan fingerprint density at radius 2 is 2.10 bits per heavy atom. The lowest BCUT2D eigenvalue weighted by atomic mass is 10.1. The molecule has 0 amide bonds. The van der Waals surface area contributed by atoms with Crippen LogP contribution >= 0.6 is 11.6 Å². The zero-order valence-corrected chi connectivity index (χ0v) is 12.8. The van der Waals surface area contributed by atoms with Gasteiger partial charge in [0.15, 0.2) is 5.82 Å². The zero-order valence-electron chi connectivity index (χ0n) is 12.1. The van der Waals surface area contributed by atoms with Gasteiger partial charge in [-0.15, -0.1) is 0 Å². The molecule has 1 N–H and O–H groups in total. The third-order valence-electron chi connectivity index (χ3n) is 3.82. The number of hydrogen-bond acceptors (Lipinski definition) is 5. The highest BCUT2D eigenvalue weighted by molar-refractivity contribution is 6.33. The minimum atomic E-state index is 0.201. The summed E-state index contributed by atoms with van der Waals surface area (Å²) in [6, 6.07) is 7.73. The first-order valence-electron chi connectivity index (χ1n) is 7.33. The van der Waals surface area contributed by atoms with Crippen molar-refractivity contribution in [3.8, 4) is 11.5 Å². The van der Waals surface area contributed by atoms with Gasteiger partial charge in [-0.25, -0.2) is 0 Å². The van der Waals surface area contributed by atoms with Crippen LogP contribution in [0.1, 0.15) is 25.2 Å². The molecule has 0 saturated carbocycles. The fourth-order valence-electron chi connectivity index (χ4n) is 2.71. The topological polar surface area (TPSA) is 54.2 Å². The number of benzene rings is 1. The number of nitrogens with zero attached hydrogens (tertiary/aromatic N) is 3. The number of aromatic nitrogens is 2. The number of piperazine rings is 1. The average Bonchev–Trinajstić information content (AvgIpc) is 2.99. The van der Waals surface area contributed by atoms with Gasteiger partial charge >= 0.3 is 0 Å². The van der Waals surface area contributed by atoms with Crippen molar-refractivity contribution < 1.29 is 4.52 Å². The summed E-state index contributed by atoms with van der Waals surface area (Å²) in [5.74, 6) is 1.23. The Kier molecular flexibility index (Phi) is 4.53. The Bertz CT molecular complexity index is 595. The molecule has 1 unspecified atom stereocenters. The molecule has 1 aliphatic heterocycles. The molecule has 0 bridgehead atoms. The van der Waals surface area contributed by atoms with Gasteiger partial charge in [0.2, 0.25) is 0 Å². The van der Waals surface area contributed by atoms with Gasteiger partial charge in [-0.2, -0.15) is 4.98 Å². The maximum absolute atomic E-state index is 6.18. The fraction of sp³-hybridized carbons (Fsp3) is 0.467. The number of halogens is 1. The summed E-state index contributed by atoms with van der Waals surface area (Å²) in [4.78, 5) is 6.96. The van der Waals surface area contributed by atoms with Crippen molar-refractivity contribution >= 4 is 11.6 Å². The number of hydrogen-bond donors (Lipinski definition) is 1. The van der Waals surface area contributed by atoms with Gasteiger partial charge in [0.1, 0.15) is 0 Å². The van der Waals surface area contributed by atoms with Gasteiger partial charge in [0, 0.05) is 26.2 Å². The van der Waals surface area contributed by atoms with Crippen molar-refractivity contribution in [2.24, 2.45) is 0 Å². The molecule has 5 nitrogen and oxygen atoms in total. The molecule has 1 atom stereocenters. The second-order valence-electron chi connectivity index (χ2n) is 5.15. The average molecular weight is 307 g/mol. The summed E-state index contributed by atoms with van der Waals surface area (Å²) >= 11 is 6.18. The Morgan fingerprint density at radius 3 is 2.81 bits per heavy atom. The van der Waals surface area contributed by atoms with E-state index in [4.69, 9.17) is 16.1 Å². The van der Waals surface area contributed by atoms with Crippen molar-refractivity contribution in [1.82, 2.24) is 20.4 Å². The van der Waals surface area contributed by atoms with Crippen LogP contribution in [0, 0.1) is 0 Å². The molecule has 112 valence electrons. The van der Waals surface area contributed by atoms with Gasteiger partial charge in [0.05, 0.1) is 16.6 Å². The number of nitrogens with one attached hydrogen (secondary N) is 1. The predicted molar refractivity (Wildman–Crippen MR) is 82.2 cm³/mol. The SMILES string of the molecule is CCC(c1noc(-c2ccccc2Cl)n1)N1CCNCC1. The lowest BCUT2D eigenvalue weighted by Crippen LogP contribution is -2.45. The molecular weight excluding hydrogens is 288 g/mol. The van der Waals surface area contributed by atoms with E-state index >= 15 is 0 Å². The summed E-state index contributed by atoms with van der Waals surface area (Å²) in [5, 5.41) is 8.16. The first-order chi connectivity index (χ1) is 10.3. The highest BCUT2D eigenvalue weighted by Crippen LogP contribution is 2.29. The van der Waals surface area contributed by atoms with Crippen LogP contribution in [-0.4, -0.2) is 41.2 Å². The molecule has 0 aliphatic carbocycles. The molecule has 0 spiro atoms. The van der Waals surface area contributed by atoms with Gasteiger partial charge in [-0.3, -0.25) is 4.90 Å². The van der Waals surface area contributed by atoms with E-state index in [1.165, 1.54) is 0 Å². The van der Waals surface area contributed by atoms with Crippen LogP contribution in [0.3, 0.4) is 0 Å². The molecule has 0 radical (unpaired) electrons. The second kappa shape index (κ2) is 6.56. The van der Waals surface area contributed by atoms with Gasteiger partial charge < -0.3 is 9.84 Å². The van der Waals surface area contributed by atoms with Crippen LogP contribution in [0.5, 0.6) is 0 Å². The summed E-state index contributed by atoms with van der Waals surface area (Å²) < 4.78 is 5.42. The zero-order chi connectivity index (χ0) is 14.7. The van der Waals surface area contributed by atoms with Crippen LogP contribution in [0.25, 0.3) is 11.5 Å².